The molecule has 0 spiro atoms. The summed E-state index contributed by atoms with van der Waals surface area (Å²) in [6.07, 6.45) is -1.53. The predicted octanol–water partition coefficient (Wildman–Crippen LogP) is 7.14. The fourth-order valence-electron chi connectivity index (χ4n) is 16.6. The molecule has 20 heteroatoms. The minimum absolute atomic E-state index is 0.0317. The molecule has 9 aliphatic rings. The molecular formula is C63H96O20. The van der Waals surface area contributed by atoms with Crippen LogP contribution in [0.3, 0.4) is 0 Å². The van der Waals surface area contributed by atoms with Gasteiger partial charge in [0.15, 0.2) is 31.5 Å². The van der Waals surface area contributed by atoms with E-state index in [1.54, 1.807) is 61.5 Å². The molecule has 0 aromatic heterocycles. The number of allylic oxidation sites excluding steroid dienone is 1. The van der Waals surface area contributed by atoms with E-state index < -0.39 is 140 Å². The monoisotopic (exact) mass is 1170 g/mol. The van der Waals surface area contributed by atoms with Crippen LogP contribution < -0.4 is 0 Å². The van der Waals surface area contributed by atoms with E-state index in [4.69, 9.17) is 75.8 Å². The Morgan fingerprint density at radius 1 is 0.554 bits per heavy atom. The number of fused-ring (bicyclic) bond motifs is 5. The number of aliphatic hydroxyl groups is 2. The lowest BCUT2D eigenvalue weighted by Gasteiger charge is -2.63. The molecule has 28 atom stereocenters. The van der Waals surface area contributed by atoms with Crippen LogP contribution in [0.1, 0.15) is 143 Å². The van der Waals surface area contributed by atoms with Crippen LogP contribution in [0.4, 0.5) is 0 Å². The van der Waals surface area contributed by atoms with Crippen molar-refractivity contribution in [2.24, 2.45) is 28.6 Å². The second-order valence-electron chi connectivity index (χ2n) is 25.8. The first-order valence-corrected chi connectivity index (χ1v) is 30.7. The van der Waals surface area contributed by atoms with Gasteiger partial charge in [0.2, 0.25) is 0 Å². The molecule has 0 bridgehead atoms. The summed E-state index contributed by atoms with van der Waals surface area (Å²) < 4.78 is 102. The second kappa shape index (κ2) is 26.2. The number of methoxy groups -OCH3 is 5. The van der Waals surface area contributed by atoms with Crippen LogP contribution in [0.15, 0.2) is 42.0 Å². The van der Waals surface area contributed by atoms with E-state index in [9.17, 15) is 19.8 Å². The Morgan fingerprint density at radius 3 is 1.43 bits per heavy atom. The van der Waals surface area contributed by atoms with Crippen LogP contribution in [0.25, 0.3) is 0 Å². The number of carbonyl (C=O) groups excluding carboxylic acids is 2. The summed E-state index contributed by atoms with van der Waals surface area (Å²) in [6.45, 7) is 15.5. The fourth-order valence-corrected chi connectivity index (χ4v) is 16.6. The number of benzene rings is 1. The molecule has 0 amide bonds. The van der Waals surface area contributed by atoms with Crippen LogP contribution in [-0.4, -0.2) is 198 Å². The van der Waals surface area contributed by atoms with E-state index in [0.29, 0.717) is 63.4 Å². The number of rotatable bonds is 18. The maximum absolute atomic E-state index is 13.7. The topological polar surface area (TPSA) is 222 Å². The molecule has 5 heterocycles. The third kappa shape index (κ3) is 12.5. The average Bonchev–Trinajstić information content (AvgIpc) is 1.81. The number of ether oxygens (including phenoxy) is 16. The first-order chi connectivity index (χ1) is 39.7. The van der Waals surface area contributed by atoms with E-state index in [0.717, 1.165) is 19.3 Å². The minimum Gasteiger partial charge on any atom is -0.458 e. The summed E-state index contributed by atoms with van der Waals surface area (Å²) >= 11 is 0. The van der Waals surface area contributed by atoms with Crippen LogP contribution in [0.5, 0.6) is 0 Å². The van der Waals surface area contributed by atoms with Crippen molar-refractivity contribution in [3.8, 4) is 0 Å². The lowest BCUT2D eigenvalue weighted by Crippen LogP contribution is -2.66. The largest absolute Gasteiger partial charge is 0.458 e. The molecule has 1 aromatic rings. The van der Waals surface area contributed by atoms with Crippen LogP contribution in [-0.2, 0) is 80.6 Å². The molecule has 468 valence electrons. The van der Waals surface area contributed by atoms with Crippen molar-refractivity contribution in [2.75, 3.05) is 35.5 Å². The van der Waals surface area contributed by atoms with Gasteiger partial charge < -0.3 is 86.0 Å². The van der Waals surface area contributed by atoms with Crippen molar-refractivity contribution >= 4 is 11.8 Å². The van der Waals surface area contributed by atoms with Gasteiger partial charge in [0, 0.05) is 79.0 Å². The van der Waals surface area contributed by atoms with Crippen LogP contribution >= 0.6 is 0 Å². The van der Waals surface area contributed by atoms with Gasteiger partial charge in [0.05, 0.1) is 78.3 Å². The Morgan fingerprint density at radius 2 is 0.988 bits per heavy atom. The SMILES string of the molecule is CO[C@H]1C[C@H](O[C@@H]2[C@@H](C)O[C@@H](O[C@@H]3[C@@H](C)O[C@@H](O[C@@H]4[C@@H](C)O[C@@H](O[C@H]5CC[C@@]6(C)C(=CC[C@@H]7[C@@H]6C[C@@H](OC(=O)c6ccccc6)[C@]6(C)[C@H](C(C)=O)CC[C@]76O)C5)C[C@H]4OC)C[C@H]3OC)C[C@H]2OC)O[C@H](C)[C@H]1O[C@H]1C[C@@H](OC)[C@H](O)[C@@H](C)O1. The minimum atomic E-state index is -1.18. The van der Waals surface area contributed by atoms with Gasteiger partial charge in [-0.1, -0.05) is 43.7 Å². The number of hydrogen-bond donors (Lipinski definition) is 2. The first kappa shape index (κ1) is 63.4. The van der Waals surface area contributed by atoms with Gasteiger partial charge in [-0.15, -0.1) is 0 Å². The third-order valence-electron chi connectivity index (χ3n) is 21.3. The standard InChI is InChI=1S/C63H96O20/c1-32(64)41-22-24-63(67)42-20-19-39-25-40(21-23-61(39,7)43(42)26-49(62(41,63)8)79-60(66)38-17-15-14-16-18-38)78-50-28-45(69-10)56(34(3)74-50)81-52-30-47(71-12)58(36(5)76-52)83-54-31-48(72-13)59(37(6)77-54)82-53-29-46(70-11)57(35(4)75-53)80-51-27-44(68-9)55(65)33(2)73-51/h14-19,33-37,40-59,65,67H,20-31H2,1-13H3/t33-,34-,35-,36-,37-,40+,41+,42-,43+,44-,45-,46+,47-,48-,49-,50+,51+,52+,53+,54+,55-,56-,57-,58-,59-,61+,62+,63+/m1/s1. The summed E-state index contributed by atoms with van der Waals surface area (Å²) in [5.74, 6) is -0.840. The Bertz CT molecular complexity index is 2360. The van der Waals surface area contributed by atoms with Crippen molar-refractivity contribution < 1.29 is 95.6 Å². The van der Waals surface area contributed by atoms with E-state index in [2.05, 4.69) is 13.0 Å². The van der Waals surface area contributed by atoms with E-state index in [-0.39, 0.29) is 41.3 Å². The van der Waals surface area contributed by atoms with Crippen molar-refractivity contribution in [1.82, 2.24) is 0 Å². The first-order valence-electron chi connectivity index (χ1n) is 30.7. The highest BCUT2D eigenvalue weighted by Gasteiger charge is 2.71. The number of hydrogen-bond acceptors (Lipinski definition) is 20. The zero-order valence-electron chi connectivity index (χ0n) is 51.1. The molecule has 0 radical (unpaired) electrons. The molecule has 10 rings (SSSR count). The normalized spacial score (nSPS) is 48.3. The van der Waals surface area contributed by atoms with E-state index in [1.165, 1.54) is 5.57 Å². The Balaban J connectivity index is 0.711. The molecule has 5 saturated heterocycles. The molecule has 8 fully saturated rings. The molecule has 1 aromatic carbocycles. The number of ketones is 1. The Labute approximate surface area is 490 Å². The maximum Gasteiger partial charge on any atom is 0.338 e. The van der Waals surface area contributed by atoms with Crippen molar-refractivity contribution in [2.45, 2.75) is 273 Å². The lowest BCUT2D eigenvalue weighted by atomic mass is 9.45. The summed E-state index contributed by atoms with van der Waals surface area (Å²) in [7, 11) is 8.22. The Hall–Kier alpha value is -2.58. The van der Waals surface area contributed by atoms with E-state index in [1.807, 2.05) is 52.8 Å². The lowest BCUT2D eigenvalue weighted by molar-refractivity contribution is -0.352. The maximum atomic E-state index is 13.7. The van der Waals surface area contributed by atoms with Gasteiger partial charge in [0.1, 0.15) is 42.4 Å². The number of aliphatic hydroxyl groups excluding tert-OH is 1. The van der Waals surface area contributed by atoms with Crippen LogP contribution in [0.2, 0.25) is 0 Å². The molecule has 4 aliphatic carbocycles. The molecular weight excluding hydrogens is 1080 g/mol. The van der Waals surface area contributed by atoms with Crippen molar-refractivity contribution in [3.63, 3.8) is 0 Å². The smallest absolute Gasteiger partial charge is 0.338 e. The summed E-state index contributed by atoms with van der Waals surface area (Å²) in [5.41, 5.74) is -0.590. The molecule has 5 aliphatic heterocycles. The molecule has 20 nitrogen and oxygen atoms in total. The van der Waals surface area contributed by atoms with Crippen LogP contribution in [0, 0.1) is 28.6 Å². The van der Waals surface area contributed by atoms with Gasteiger partial charge in [-0.3, -0.25) is 4.79 Å². The Kier molecular flexibility index (Phi) is 20.1. The highest BCUT2D eigenvalue weighted by atomic mass is 16.8. The second-order valence-corrected chi connectivity index (χ2v) is 25.8. The van der Waals surface area contributed by atoms with Gasteiger partial charge >= 0.3 is 5.97 Å². The number of esters is 1. The molecule has 2 N–H and O–H groups in total. The zero-order valence-corrected chi connectivity index (χ0v) is 51.1. The highest BCUT2D eigenvalue weighted by Crippen LogP contribution is 2.69. The zero-order chi connectivity index (χ0) is 59.3. The van der Waals surface area contributed by atoms with Gasteiger partial charge in [0.25, 0.3) is 0 Å². The van der Waals surface area contributed by atoms with Gasteiger partial charge in [-0.2, -0.15) is 0 Å². The third-order valence-corrected chi connectivity index (χ3v) is 21.3. The molecule has 83 heavy (non-hydrogen) atoms. The van der Waals surface area contributed by atoms with E-state index >= 15 is 0 Å². The van der Waals surface area contributed by atoms with Crippen molar-refractivity contribution in [1.29, 1.82) is 0 Å². The fraction of sp³-hybridized carbons (Fsp3) is 0.841. The predicted molar refractivity (Wildman–Crippen MR) is 297 cm³/mol. The molecule has 3 saturated carbocycles. The summed E-state index contributed by atoms with van der Waals surface area (Å²) in [5, 5.41) is 23.4. The average molecular weight is 1170 g/mol. The quantitative estimate of drug-likeness (QED) is 0.110. The number of carbonyl (C=O) groups is 2. The van der Waals surface area contributed by atoms with Gasteiger partial charge in [-0.25, -0.2) is 4.79 Å². The highest BCUT2D eigenvalue weighted by molar-refractivity contribution is 5.89. The summed E-state index contributed by atoms with van der Waals surface area (Å²) in [4.78, 5) is 27.0. The molecule has 0 unspecified atom stereocenters. The number of Topliss-reactive ketones (excluding diaryl/α,β-unsaturated/α-hetero) is 1. The van der Waals surface area contributed by atoms with Crippen molar-refractivity contribution in [3.05, 3.63) is 47.5 Å². The van der Waals surface area contributed by atoms with Gasteiger partial charge in [-0.05, 0) is 116 Å². The summed E-state index contributed by atoms with van der Waals surface area (Å²) in [6, 6.07) is 8.99.